The van der Waals surface area contributed by atoms with Crippen LogP contribution in [0.3, 0.4) is 0 Å². The van der Waals surface area contributed by atoms with Crippen molar-refractivity contribution in [2.45, 2.75) is 0 Å². The summed E-state index contributed by atoms with van der Waals surface area (Å²) < 4.78 is 3.49. The minimum Gasteiger partial charge on any atom is -0.382 e. The molecule has 80 valence electrons. The quantitative estimate of drug-likeness (QED) is 0.647. The summed E-state index contributed by atoms with van der Waals surface area (Å²) in [6.07, 6.45) is 3.33. The standard InChI is InChI=1S/C10H10N6/c1-15-5-4-7(14-15)8-2-3-9-10(11)12-6-13-16(8)9/h2-6H,1H3,(H2,11,12,13). The van der Waals surface area contributed by atoms with Gasteiger partial charge in [-0.05, 0) is 18.2 Å². The van der Waals surface area contributed by atoms with Crippen LogP contribution in [0.1, 0.15) is 0 Å². The highest BCUT2D eigenvalue weighted by atomic mass is 15.3. The van der Waals surface area contributed by atoms with E-state index in [1.54, 1.807) is 9.20 Å². The van der Waals surface area contributed by atoms with Crippen molar-refractivity contribution in [1.29, 1.82) is 0 Å². The van der Waals surface area contributed by atoms with E-state index in [4.69, 9.17) is 5.73 Å². The zero-order valence-corrected chi connectivity index (χ0v) is 8.70. The van der Waals surface area contributed by atoms with E-state index in [0.717, 1.165) is 16.9 Å². The summed E-state index contributed by atoms with van der Waals surface area (Å²) in [5.41, 5.74) is 8.32. The van der Waals surface area contributed by atoms with E-state index in [1.807, 2.05) is 31.4 Å². The predicted octanol–water partition coefficient (Wildman–Crippen LogP) is 0.712. The molecule has 0 aromatic carbocycles. The van der Waals surface area contributed by atoms with Crippen molar-refractivity contribution in [2.75, 3.05) is 5.73 Å². The first-order valence-corrected chi connectivity index (χ1v) is 4.84. The second kappa shape index (κ2) is 3.06. The van der Waals surface area contributed by atoms with Crippen molar-refractivity contribution >= 4 is 11.3 Å². The smallest absolute Gasteiger partial charge is 0.151 e. The van der Waals surface area contributed by atoms with E-state index in [2.05, 4.69) is 15.2 Å². The molecule has 0 aliphatic carbocycles. The highest BCUT2D eigenvalue weighted by Gasteiger charge is 2.09. The van der Waals surface area contributed by atoms with Gasteiger partial charge < -0.3 is 5.73 Å². The van der Waals surface area contributed by atoms with Gasteiger partial charge in [-0.25, -0.2) is 9.50 Å². The summed E-state index contributed by atoms with van der Waals surface area (Å²) in [5, 5.41) is 8.49. The minimum absolute atomic E-state index is 0.470. The van der Waals surface area contributed by atoms with Crippen LogP contribution < -0.4 is 5.73 Å². The maximum Gasteiger partial charge on any atom is 0.151 e. The Balaban J connectivity index is 2.29. The third-order valence-corrected chi connectivity index (χ3v) is 2.46. The van der Waals surface area contributed by atoms with E-state index < -0.39 is 0 Å². The fourth-order valence-electron chi connectivity index (χ4n) is 1.70. The molecule has 3 heterocycles. The first kappa shape index (κ1) is 8.90. The average molecular weight is 214 g/mol. The van der Waals surface area contributed by atoms with Crippen LogP contribution in [0, 0.1) is 0 Å². The van der Waals surface area contributed by atoms with E-state index in [1.165, 1.54) is 6.33 Å². The van der Waals surface area contributed by atoms with Crippen molar-refractivity contribution in [3.63, 3.8) is 0 Å². The van der Waals surface area contributed by atoms with Gasteiger partial charge in [-0.3, -0.25) is 4.68 Å². The topological polar surface area (TPSA) is 74.0 Å². The molecule has 3 rings (SSSR count). The Labute approximate surface area is 91.3 Å². The molecule has 0 aliphatic heterocycles. The van der Waals surface area contributed by atoms with Crippen LogP contribution in [0.5, 0.6) is 0 Å². The van der Waals surface area contributed by atoms with Crippen molar-refractivity contribution in [2.24, 2.45) is 7.05 Å². The molecule has 0 spiro atoms. The van der Waals surface area contributed by atoms with Crippen molar-refractivity contribution < 1.29 is 0 Å². The summed E-state index contributed by atoms with van der Waals surface area (Å²) >= 11 is 0. The molecule has 0 aliphatic rings. The summed E-state index contributed by atoms with van der Waals surface area (Å²) in [6.45, 7) is 0. The van der Waals surface area contributed by atoms with Crippen molar-refractivity contribution in [3.8, 4) is 11.4 Å². The largest absolute Gasteiger partial charge is 0.382 e. The van der Waals surface area contributed by atoms with Crippen molar-refractivity contribution in [1.82, 2.24) is 24.4 Å². The molecule has 0 saturated carbocycles. The molecule has 0 unspecified atom stereocenters. The normalized spacial score (nSPS) is 11.1. The number of rotatable bonds is 1. The molecule has 0 atom stereocenters. The first-order chi connectivity index (χ1) is 7.75. The minimum atomic E-state index is 0.470. The summed E-state index contributed by atoms with van der Waals surface area (Å²) in [6, 6.07) is 5.75. The number of nitrogens with zero attached hydrogens (tertiary/aromatic N) is 5. The highest BCUT2D eigenvalue weighted by molar-refractivity contribution is 5.71. The van der Waals surface area contributed by atoms with Crippen molar-refractivity contribution in [3.05, 3.63) is 30.7 Å². The Morgan fingerprint density at radius 2 is 2.12 bits per heavy atom. The van der Waals surface area contributed by atoms with Crippen LogP contribution in [0.4, 0.5) is 5.82 Å². The maximum absolute atomic E-state index is 5.76. The molecule has 0 amide bonds. The number of fused-ring (bicyclic) bond motifs is 1. The number of nitrogen functional groups attached to an aromatic ring is 1. The molecular weight excluding hydrogens is 204 g/mol. The lowest BCUT2D eigenvalue weighted by molar-refractivity contribution is 0.767. The van der Waals surface area contributed by atoms with E-state index in [-0.39, 0.29) is 0 Å². The molecule has 0 fully saturated rings. The fraction of sp³-hybridized carbons (Fsp3) is 0.100. The van der Waals surface area contributed by atoms with E-state index in [0.29, 0.717) is 5.82 Å². The Morgan fingerprint density at radius 1 is 1.25 bits per heavy atom. The monoisotopic (exact) mass is 214 g/mol. The zero-order valence-electron chi connectivity index (χ0n) is 8.70. The fourth-order valence-corrected chi connectivity index (χ4v) is 1.70. The van der Waals surface area contributed by atoms with Gasteiger partial charge in [-0.2, -0.15) is 10.2 Å². The number of anilines is 1. The number of nitrogens with two attached hydrogens (primary N) is 1. The van der Waals surface area contributed by atoms with Crippen LogP contribution in [0.15, 0.2) is 30.7 Å². The predicted molar refractivity (Wildman–Crippen MR) is 59.6 cm³/mol. The molecule has 6 heteroatoms. The number of aryl methyl sites for hydroxylation is 1. The van der Waals surface area contributed by atoms with Crippen LogP contribution in [-0.4, -0.2) is 24.4 Å². The van der Waals surface area contributed by atoms with Gasteiger partial charge in [0.2, 0.25) is 0 Å². The Bertz CT molecular complexity index is 650. The molecule has 0 bridgehead atoms. The molecule has 0 radical (unpaired) electrons. The Morgan fingerprint density at radius 3 is 2.88 bits per heavy atom. The van der Waals surface area contributed by atoms with Crippen LogP contribution in [0.2, 0.25) is 0 Å². The summed E-state index contributed by atoms with van der Waals surface area (Å²) in [4.78, 5) is 3.94. The van der Waals surface area contributed by atoms with Gasteiger partial charge in [0.05, 0.1) is 5.69 Å². The van der Waals surface area contributed by atoms with E-state index in [9.17, 15) is 0 Å². The van der Waals surface area contributed by atoms with Gasteiger partial charge in [-0.1, -0.05) is 0 Å². The number of aromatic nitrogens is 5. The molecular formula is C10H10N6. The maximum atomic E-state index is 5.76. The third kappa shape index (κ3) is 1.16. The second-order valence-electron chi connectivity index (χ2n) is 3.54. The van der Waals surface area contributed by atoms with Gasteiger partial charge in [-0.15, -0.1) is 0 Å². The lowest BCUT2D eigenvalue weighted by atomic mass is 10.3. The van der Waals surface area contributed by atoms with Crippen LogP contribution >= 0.6 is 0 Å². The Hall–Kier alpha value is -2.37. The number of hydrogen-bond donors (Lipinski definition) is 1. The number of hydrogen-bond acceptors (Lipinski definition) is 4. The molecule has 3 aromatic rings. The van der Waals surface area contributed by atoms with Gasteiger partial charge in [0.15, 0.2) is 5.82 Å². The molecule has 16 heavy (non-hydrogen) atoms. The first-order valence-electron chi connectivity index (χ1n) is 4.84. The van der Waals surface area contributed by atoms with Crippen LogP contribution in [-0.2, 0) is 7.05 Å². The van der Waals surface area contributed by atoms with Crippen LogP contribution in [0.25, 0.3) is 16.9 Å². The summed E-state index contributed by atoms with van der Waals surface area (Å²) in [5.74, 6) is 0.470. The zero-order chi connectivity index (χ0) is 11.1. The molecule has 2 N–H and O–H groups in total. The van der Waals surface area contributed by atoms with Gasteiger partial charge in [0.25, 0.3) is 0 Å². The summed E-state index contributed by atoms with van der Waals surface area (Å²) in [7, 11) is 1.88. The van der Waals surface area contributed by atoms with Gasteiger partial charge in [0, 0.05) is 13.2 Å². The van der Waals surface area contributed by atoms with E-state index >= 15 is 0 Å². The lowest BCUT2D eigenvalue weighted by Crippen LogP contribution is -2.00. The molecule has 0 saturated heterocycles. The van der Waals surface area contributed by atoms with Gasteiger partial charge in [0.1, 0.15) is 17.5 Å². The third-order valence-electron chi connectivity index (χ3n) is 2.46. The lowest BCUT2D eigenvalue weighted by Gasteiger charge is -1.99. The molecule has 3 aromatic heterocycles. The molecule has 6 nitrogen and oxygen atoms in total. The SMILES string of the molecule is Cn1ccc(-c2ccc3c(N)ncnn23)n1. The Kier molecular flexibility index (Phi) is 1.70. The average Bonchev–Trinajstić information content (AvgIpc) is 2.84. The highest BCUT2D eigenvalue weighted by Crippen LogP contribution is 2.21. The second-order valence-corrected chi connectivity index (χ2v) is 3.54. The van der Waals surface area contributed by atoms with Gasteiger partial charge >= 0.3 is 0 Å².